The van der Waals surface area contributed by atoms with Crippen LogP contribution in [0.3, 0.4) is 0 Å². The summed E-state index contributed by atoms with van der Waals surface area (Å²) < 4.78 is 44.0. The number of likely N-dealkylation sites (N-methyl/N-ethyl adjacent to an activating group) is 2. The van der Waals surface area contributed by atoms with Crippen LogP contribution in [0.15, 0.2) is 49.1 Å². The van der Waals surface area contributed by atoms with Gasteiger partial charge in [0, 0.05) is 50.5 Å². The van der Waals surface area contributed by atoms with Crippen molar-refractivity contribution in [1.82, 2.24) is 29.9 Å². The molecule has 2 aromatic carbocycles. The average Bonchev–Trinajstić information content (AvgIpc) is 3.79. The number of halogens is 2. The third kappa shape index (κ3) is 6.20. The summed E-state index contributed by atoms with van der Waals surface area (Å²) in [6.45, 7) is 7.48. The average molecular weight is 697 g/mol. The van der Waals surface area contributed by atoms with E-state index in [1.165, 1.54) is 19.3 Å². The molecule has 7 rings (SSSR count). The minimum absolute atomic E-state index is 0.0143. The lowest BCUT2D eigenvalue weighted by molar-refractivity contribution is -0.129. The van der Waals surface area contributed by atoms with E-state index in [0.717, 1.165) is 58.1 Å². The Balaban J connectivity index is 1.43. The smallest absolute Gasteiger partial charge is 0.246 e. The second-order valence-electron chi connectivity index (χ2n) is 13.4. The topological polar surface area (TPSA) is 102 Å². The van der Waals surface area contributed by atoms with E-state index in [9.17, 15) is 14.0 Å². The van der Waals surface area contributed by atoms with Gasteiger partial charge in [0.15, 0.2) is 0 Å². The maximum atomic E-state index is 16.2. The number of hydrogen-bond donors (Lipinski definition) is 1. The molecule has 0 spiro atoms. The largest absolute Gasteiger partial charge is 0.490 e. The molecule has 0 saturated heterocycles. The van der Waals surface area contributed by atoms with Crippen molar-refractivity contribution in [1.29, 1.82) is 0 Å². The lowest BCUT2D eigenvalue weighted by Crippen LogP contribution is -2.47. The fourth-order valence-corrected chi connectivity index (χ4v) is 7.85. The molecule has 1 aliphatic carbocycles. The number of aromatic nitrogens is 3. The number of ether oxygens (including phenoxy) is 2. The molecule has 1 N–H and O–H groups in total. The van der Waals surface area contributed by atoms with Gasteiger partial charge in [0.1, 0.15) is 29.7 Å². The number of carbonyl (C=O) groups excluding carboxylic acids is 2. The second-order valence-corrected chi connectivity index (χ2v) is 13.4. The zero-order chi connectivity index (χ0) is 36.0. The van der Waals surface area contributed by atoms with Crippen LogP contribution in [0.2, 0.25) is 0 Å². The summed E-state index contributed by atoms with van der Waals surface area (Å²) >= 11 is 0. The van der Waals surface area contributed by atoms with Gasteiger partial charge in [-0.3, -0.25) is 19.2 Å². The quantitative estimate of drug-likeness (QED) is 0.188. The van der Waals surface area contributed by atoms with Crippen molar-refractivity contribution >= 4 is 11.8 Å². The lowest BCUT2D eigenvalue weighted by atomic mass is 9.88. The number of methoxy groups -OCH3 is 1. The summed E-state index contributed by atoms with van der Waals surface area (Å²) in [4.78, 5) is 34.4. The molecule has 2 amide bonds. The van der Waals surface area contributed by atoms with Crippen molar-refractivity contribution in [3.05, 3.63) is 88.6 Å². The number of carbonyl (C=O) groups is 2. The van der Waals surface area contributed by atoms with Gasteiger partial charge in [0.25, 0.3) is 0 Å². The zero-order valence-electron chi connectivity index (χ0n) is 29.4. The molecule has 10 nitrogen and oxygen atoms in total. The number of amides is 2. The Morgan fingerprint density at radius 3 is 2.61 bits per heavy atom. The Bertz CT molecular complexity index is 2040. The van der Waals surface area contributed by atoms with E-state index in [-0.39, 0.29) is 48.4 Å². The number of pyridine rings is 1. The van der Waals surface area contributed by atoms with E-state index in [4.69, 9.17) is 19.6 Å². The first-order valence-electron chi connectivity index (χ1n) is 17.4. The van der Waals surface area contributed by atoms with E-state index in [2.05, 4.69) is 28.9 Å². The Labute approximate surface area is 296 Å². The molecule has 0 bridgehead atoms. The summed E-state index contributed by atoms with van der Waals surface area (Å²) in [6, 6.07) is 9.74. The third-order valence-electron chi connectivity index (χ3n) is 10.4. The monoisotopic (exact) mass is 696 g/mol. The van der Waals surface area contributed by atoms with Crippen LogP contribution < -0.4 is 10.1 Å². The predicted octanol–water partition coefficient (Wildman–Crippen LogP) is 5.26. The summed E-state index contributed by atoms with van der Waals surface area (Å²) in [6.07, 6.45) is 4.14. The van der Waals surface area contributed by atoms with Crippen molar-refractivity contribution in [3.8, 4) is 39.5 Å². The minimum atomic E-state index is -0.755. The van der Waals surface area contributed by atoms with Crippen LogP contribution in [0, 0.1) is 11.6 Å². The van der Waals surface area contributed by atoms with E-state index in [0.29, 0.717) is 49.4 Å². The predicted molar refractivity (Wildman–Crippen MR) is 189 cm³/mol. The van der Waals surface area contributed by atoms with E-state index >= 15 is 4.39 Å². The van der Waals surface area contributed by atoms with Crippen LogP contribution in [0.25, 0.3) is 33.8 Å². The Hall–Kier alpha value is -4.94. The molecule has 0 fully saturated rings. The highest BCUT2D eigenvalue weighted by Crippen LogP contribution is 2.47. The van der Waals surface area contributed by atoms with Gasteiger partial charge in [-0.25, -0.2) is 13.8 Å². The van der Waals surface area contributed by atoms with E-state index in [1.54, 1.807) is 11.9 Å². The van der Waals surface area contributed by atoms with Gasteiger partial charge in [0.2, 0.25) is 11.8 Å². The zero-order valence-corrected chi connectivity index (χ0v) is 29.4. The van der Waals surface area contributed by atoms with Crippen LogP contribution in [0.5, 0.6) is 5.75 Å². The Kier molecular flexibility index (Phi) is 9.47. The molecule has 12 heteroatoms. The van der Waals surface area contributed by atoms with Gasteiger partial charge in [-0.1, -0.05) is 18.7 Å². The molecule has 266 valence electrons. The first kappa shape index (κ1) is 34.5. The van der Waals surface area contributed by atoms with Gasteiger partial charge >= 0.3 is 0 Å². The summed E-state index contributed by atoms with van der Waals surface area (Å²) in [5.41, 5.74) is 8.33. The SMILES string of the molecule is C=CC(=O)N1CCn2nc(-c3nc(-c4ccc5c(c4)CN(C)[C@H](C(=O)NC)C5)c4c(c3-c3c(F)cc(F)cc3OCCOC)CCC4)cc2[C@H]1C. The van der Waals surface area contributed by atoms with Crippen LogP contribution in [0.1, 0.15) is 47.3 Å². The molecule has 3 aliphatic rings. The van der Waals surface area contributed by atoms with Gasteiger partial charge in [0.05, 0.1) is 47.9 Å². The lowest BCUT2D eigenvalue weighted by Gasteiger charge is -2.33. The summed E-state index contributed by atoms with van der Waals surface area (Å²) in [5, 5.41) is 7.77. The summed E-state index contributed by atoms with van der Waals surface area (Å²) in [5.74, 6) is -1.62. The number of nitrogens with zero attached hydrogens (tertiary/aromatic N) is 5. The summed E-state index contributed by atoms with van der Waals surface area (Å²) in [7, 11) is 5.14. The highest BCUT2D eigenvalue weighted by atomic mass is 19.1. The van der Waals surface area contributed by atoms with Crippen molar-refractivity contribution in [3.63, 3.8) is 0 Å². The molecule has 0 unspecified atom stereocenters. The fourth-order valence-electron chi connectivity index (χ4n) is 7.85. The first-order valence-corrected chi connectivity index (χ1v) is 17.4. The van der Waals surface area contributed by atoms with Gasteiger partial charge in [-0.2, -0.15) is 5.10 Å². The Morgan fingerprint density at radius 1 is 1.04 bits per heavy atom. The normalized spacial score (nSPS) is 18.2. The number of fused-ring (bicyclic) bond motifs is 3. The minimum Gasteiger partial charge on any atom is -0.490 e. The molecule has 2 aromatic heterocycles. The van der Waals surface area contributed by atoms with Crippen molar-refractivity contribution in [2.75, 3.05) is 41.0 Å². The number of rotatable bonds is 9. The maximum absolute atomic E-state index is 16.2. The van der Waals surface area contributed by atoms with Crippen LogP contribution >= 0.6 is 0 Å². The third-order valence-corrected chi connectivity index (χ3v) is 10.4. The number of benzene rings is 2. The molecule has 4 aromatic rings. The van der Waals surface area contributed by atoms with Crippen molar-refractivity contribution in [2.24, 2.45) is 0 Å². The number of hydrogen-bond acceptors (Lipinski definition) is 7. The fraction of sp³-hybridized carbons (Fsp3) is 0.385. The van der Waals surface area contributed by atoms with Crippen molar-refractivity contribution in [2.45, 2.75) is 57.8 Å². The van der Waals surface area contributed by atoms with Crippen LogP contribution in [-0.4, -0.2) is 83.4 Å². The van der Waals surface area contributed by atoms with Gasteiger partial charge in [-0.15, -0.1) is 0 Å². The van der Waals surface area contributed by atoms with E-state index < -0.39 is 11.6 Å². The molecular weight excluding hydrogens is 654 g/mol. The van der Waals surface area contributed by atoms with Crippen LogP contribution in [0.4, 0.5) is 8.78 Å². The molecule has 2 atom stereocenters. The molecule has 51 heavy (non-hydrogen) atoms. The van der Waals surface area contributed by atoms with Crippen LogP contribution in [-0.2, 0) is 46.7 Å². The molecule has 4 heterocycles. The molecular formula is C39H42F2N6O4. The standard InChI is InChI=1S/C39H42F2N6O4/c1-6-34(48)46-12-13-47-31(22(46)2)20-30(44-47)38-35(36-29(41)18-26(40)19-33(36)51-15-14-50-5)27-8-7-9-28(27)37(43-38)24-11-10-23-17-32(39(49)42-3)45(4)21-25(23)16-24/h6,10-11,16,18-20,22,32H,1,7-9,12-15,17,21H2,2-5H3,(H,42,49)/t22-,32+/m1/s1. The molecule has 0 saturated carbocycles. The second kappa shape index (κ2) is 14.0. The number of nitrogens with one attached hydrogen (secondary N) is 1. The Morgan fingerprint density at radius 2 is 1.84 bits per heavy atom. The van der Waals surface area contributed by atoms with Crippen molar-refractivity contribution < 1.29 is 27.8 Å². The van der Waals surface area contributed by atoms with E-state index in [1.807, 2.05) is 30.8 Å². The highest BCUT2D eigenvalue weighted by Gasteiger charge is 2.34. The first-order chi connectivity index (χ1) is 24.6. The highest BCUT2D eigenvalue weighted by molar-refractivity contribution is 5.90. The molecule has 0 radical (unpaired) electrons. The molecule has 2 aliphatic heterocycles. The van der Waals surface area contributed by atoms with Gasteiger partial charge in [-0.05, 0) is 80.1 Å². The van der Waals surface area contributed by atoms with Gasteiger partial charge < -0.3 is 19.7 Å². The maximum Gasteiger partial charge on any atom is 0.246 e.